The molecule has 0 saturated heterocycles. The number of amides is 1. The molecule has 0 spiro atoms. The Morgan fingerprint density at radius 3 is 2.19 bits per heavy atom. The fourth-order valence-corrected chi connectivity index (χ4v) is 4.06. The SMILES string of the molecule is CS(=O)(=O)N(Cc1ccc(C(=O)Nc2ccc(Cl)c(C(F)(F)F)c2)cc1)c1ccccc1. The number of sulfonamides is 1. The summed E-state index contributed by atoms with van der Waals surface area (Å²) in [4.78, 5) is 12.4. The van der Waals surface area contributed by atoms with Gasteiger partial charge in [-0.2, -0.15) is 13.2 Å². The van der Waals surface area contributed by atoms with E-state index in [1.54, 1.807) is 42.5 Å². The maximum absolute atomic E-state index is 13.0. The number of alkyl halides is 3. The first-order valence-electron chi connectivity index (χ1n) is 9.25. The third-order valence-corrected chi connectivity index (χ3v) is 5.99. The summed E-state index contributed by atoms with van der Waals surface area (Å²) < 4.78 is 64.6. The quantitative estimate of drug-likeness (QED) is 0.499. The van der Waals surface area contributed by atoms with E-state index in [0.717, 1.165) is 18.4 Å². The molecule has 0 radical (unpaired) electrons. The summed E-state index contributed by atoms with van der Waals surface area (Å²) in [7, 11) is -3.55. The molecule has 0 atom stereocenters. The van der Waals surface area contributed by atoms with Gasteiger partial charge in [0.05, 0.1) is 29.1 Å². The lowest BCUT2D eigenvalue weighted by atomic mass is 10.1. The molecule has 32 heavy (non-hydrogen) atoms. The molecule has 3 aromatic rings. The second-order valence-corrected chi connectivity index (χ2v) is 9.26. The van der Waals surface area contributed by atoms with E-state index < -0.39 is 32.7 Å². The summed E-state index contributed by atoms with van der Waals surface area (Å²) >= 11 is 5.59. The molecule has 1 amide bonds. The monoisotopic (exact) mass is 482 g/mol. The number of benzene rings is 3. The first-order chi connectivity index (χ1) is 14.9. The Balaban J connectivity index is 1.76. The van der Waals surface area contributed by atoms with Gasteiger partial charge in [0.1, 0.15) is 0 Å². The lowest BCUT2D eigenvalue weighted by Crippen LogP contribution is -2.29. The van der Waals surface area contributed by atoms with Gasteiger partial charge in [-0.3, -0.25) is 9.10 Å². The van der Waals surface area contributed by atoms with Crippen molar-refractivity contribution in [3.63, 3.8) is 0 Å². The molecule has 0 unspecified atom stereocenters. The number of hydrogen-bond acceptors (Lipinski definition) is 3. The summed E-state index contributed by atoms with van der Waals surface area (Å²) in [5.74, 6) is -0.616. The lowest BCUT2D eigenvalue weighted by Gasteiger charge is -2.22. The molecule has 1 N–H and O–H groups in total. The van der Waals surface area contributed by atoms with Crippen molar-refractivity contribution in [3.8, 4) is 0 Å². The van der Waals surface area contributed by atoms with Gasteiger partial charge in [-0.1, -0.05) is 41.9 Å². The normalized spacial score (nSPS) is 11.8. The Kier molecular flexibility index (Phi) is 6.80. The van der Waals surface area contributed by atoms with E-state index in [-0.39, 0.29) is 17.8 Å². The highest BCUT2D eigenvalue weighted by molar-refractivity contribution is 7.92. The molecule has 0 aliphatic carbocycles. The second kappa shape index (κ2) is 9.22. The van der Waals surface area contributed by atoms with E-state index in [4.69, 9.17) is 11.6 Å². The summed E-state index contributed by atoms with van der Waals surface area (Å²) in [6.07, 6.45) is -3.55. The van der Waals surface area contributed by atoms with E-state index in [1.165, 1.54) is 22.5 Å². The summed E-state index contributed by atoms with van der Waals surface area (Å²) in [6, 6.07) is 17.8. The molecule has 3 rings (SSSR count). The zero-order chi connectivity index (χ0) is 23.5. The standard InChI is InChI=1S/C22H18ClF3N2O3S/c1-32(30,31)28(18-5-3-2-4-6-18)14-15-7-9-16(10-8-15)21(29)27-17-11-12-20(23)19(13-17)22(24,25)26/h2-13H,14H2,1H3,(H,27,29). The lowest BCUT2D eigenvalue weighted by molar-refractivity contribution is -0.137. The number of hydrogen-bond donors (Lipinski definition) is 1. The molecule has 10 heteroatoms. The summed E-state index contributed by atoms with van der Waals surface area (Å²) in [6.45, 7) is 0.0525. The van der Waals surface area contributed by atoms with Crippen molar-refractivity contribution in [2.45, 2.75) is 12.7 Å². The van der Waals surface area contributed by atoms with Crippen LogP contribution in [0.1, 0.15) is 21.5 Å². The van der Waals surface area contributed by atoms with Crippen LogP contribution in [0.4, 0.5) is 24.5 Å². The van der Waals surface area contributed by atoms with Crippen molar-refractivity contribution in [2.75, 3.05) is 15.9 Å². The maximum Gasteiger partial charge on any atom is 0.417 e. The van der Waals surface area contributed by atoms with Gasteiger partial charge < -0.3 is 5.32 Å². The highest BCUT2D eigenvalue weighted by Gasteiger charge is 2.33. The summed E-state index contributed by atoms with van der Waals surface area (Å²) in [5.41, 5.74) is 0.224. The minimum Gasteiger partial charge on any atom is -0.322 e. The van der Waals surface area contributed by atoms with E-state index in [0.29, 0.717) is 11.3 Å². The van der Waals surface area contributed by atoms with E-state index in [9.17, 15) is 26.4 Å². The van der Waals surface area contributed by atoms with Gasteiger partial charge in [-0.25, -0.2) is 8.42 Å². The smallest absolute Gasteiger partial charge is 0.322 e. The number of nitrogens with zero attached hydrogens (tertiary/aromatic N) is 1. The average molecular weight is 483 g/mol. The first-order valence-corrected chi connectivity index (χ1v) is 11.5. The Morgan fingerprint density at radius 1 is 1.00 bits per heavy atom. The largest absolute Gasteiger partial charge is 0.417 e. The number of halogens is 4. The fraction of sp³-hybridized carbons (Fsp3) is 0.136. The maximum atomic E-state index is 13.0. The molecule has 0 fully saturated rings. The van der Waals surface area contributed by atoms with Gasteiger partial charge in [0, 0.05) is 11.3 Å². The Hall–Kier alpha value is -3.04. The van der Waals surface area contributed by atoms with Crippen LogP contribution in [-0.4, -0.2) is 20.6 Å². The molecule has 168 valence electrons. The van der Waals surface area contributed by atoms with Gasteiger partial charge in [0.15, 0.2) is 0 Å². The number of anilines is 2. The van der Waals surface area contributed by atoms with Crippen LogP contribution >= 0.6 is 11.6 Å². The number of carbonyl (C=O) groups excluding carboxylic acids is 1. The molecule has 0 aliphatic rings. The van der Waals surface area contributed by atoms with Gasteiger partial charge in [-0.05, 0) is 48.0 Å². The molecule has 0 aliphatic heterocycles. The van der Waals surface area contributed by atoms with Crippen LogP contribution in [0.2, 0.25) is 5.02 Å². The van der Waals surface area contributed by atoms with Crippen molar-refractivity contribution in [1.29, 1.82) is 0 Å². The minimum atomic E-state index is -4.65. The Labute approximate surface area is 188 Å². The van der Waals surface area contributed by atoms with Crippen molar-refractivity contribution in [3.05, 3.63) is 94.5 Å². The van der Waals surface area contributed by atoms with Gasteiger partial charge in [0.25, 0.3) is 5.91 Å². The molecule has 0 bridgehead atoms. The van der Waals surface area contributed by atoms with E-state index >= 15 is 0 Å². The van der Waals surface area contributed by atoms with E-state index in [2.05, 4.69) is 5.32 Å². The fourth-order valence-electron chi connectivity index (χ4n) is 2.95. The van der Waals surface area contributed by atoms with Gasteiger partial charge in [0.2, 0.25) is 10.0 Å². The molecule has 0 heterocycles. The molecular formula is C22H18ClF3N2O3S. The molecular weight excluding hydrogens is 465 g/mol. The minimum absolute atomic E-state index is 0.0525. The van der Waals surface area contributed by atoms with Crippen LogP contribution in [0.5, 0.6) is 0 Å². The van der Waals surface area contributed by atoms with Crippen molar-refractivity contribution >= 4 is 38.9 Å². The number of carbonyl (C=O) groups is 1. The highest BCUT2D eigenvalue weighted by Crippen LogP contribution is 2.36. The molecule has 5 nitrogen and oxygen atoms in total. The first kappa shape index (κ1) is 23.6. The summed E-state index contributed by atoms with van der Waals surface area (Å²) in [5, 5.41) is 1.94. The van der Waals surface area contributed by atoms with Gasteiger partial charge >= 0.3 is 6.18 Å². The highest BCUT2D eigenvalue weighted by atomic mass is 35.5. The predicted molar refractivity (Wildman–Crippen MR) is 118 cm³/mol. The third-order valence-electron chi connectivity index (χ3n) is 4.52. The van der Waals surface area contributed by atoms with Crippen molar-refractivity contribution < 1.29 is 26.4 Å². The van der Waals surface area contributed by atoms with Crippen LogP contribution in [0.25, 0.3) is 0 Å². The van der Waals surface area contributed by atoms with Crippen LogP contribution in [0, 0.1) is 0 Å². The average Bonchev–Trinajstić information content (AvgIpc) is 2.73. The van der Waals surface area contributed by atoms with Crippen LogP contribution in [-0.2, 0) is 22.7 Å². The second-order valence-electron chi connectivity index (χ2n) is 6.95. The molecule has 3 aromatic carbocycles. The third kappa shape index (κ3) is 5.80. The molecule has 0 saturated carbocycles. The van der Waals surface area contributed by atoms with Gasteiger partial charge in [-0.15, -0.1) is 0 Å². The van der Waals surface area contributed by atoms with E-state index in [1.807, 2.05) is 0 Å². The number of para-hydroxylation sites is 1. The molecule has 0 aromatic heterocycles. The Morgan fingerprint density at radius 2 is 1.62 bits per heavy atom. The Bertz CT molecular complexity index is 1220. The van der Waals surface area contributed by atoms with Crippen LogP contribution in [0.15, 0.2) is 72.8 Å². The number of nitrogens with one attached hydrogen (secondary N) is 1. The van der Waals surface area contributed by atoms with Crippen molar-refractivity contribution in [1.82, 2.24) is 0 Å². The van der Waals surface area contributed by atoms with Crippen LogP contribution < -0.4 is 9.62 Å². The topological polar surface area (TPSA) is 66.5 Å². The zero-order valence-corrected chi connectivity index (χ0v) is 18.3. The van der Waals surface area contributed by atoms with Crippen molar-refractivity contribution in [2.24, 2.45) is 0 Å². The van der Waals surface area contributed by atoms with Crippen LogP contribution in [0.3, 0.4) is 0 Å². The predicted octanol–water partition coefficient (Wildman–Crippen LogP) is 5.58. The zero-order valence-electron chi connectivity index (χ0n) is 16.7. The number of rotatable bonds is 6.